The summed E-state index contributed by atoms with van der Waals surface area (Å²) >= 11 is 0. The van der Waals surface area contributed by atoms with Gasteiger partial charge in [0.15, 0.2) is 0 Å². The molecule has 0 N–H and O–H groups in total. The number of ketones is 1. The number of rotatable bonds is 1. The fourth-order valence-electron chi connectivity index (χ4n) is 3.72. The second kappa shape index (κ2) is 4.38. The maximum atomic E-state index is 12.4. The van der Waals surface area contributed by atoms with E-state index in [1.165, 1.54) is 31.3 Å². The Morgan fingerprint density at radius 3 is 2.53 bits per heavy atom. The Balaban J connectivity index is 2.33. The Hall–Kier alpha value is -0.373. The third kappa shape index (κ3) is 2.73. The van der Waals surface area contributed by atoms with Crippen LogP contribution >= 0.6 is 0 Å². The monoisotopic (exact) mass is 250 g/mol. The van der Waals surface area contributed by atoms with Crippen LogP contribution < -0.4 is 0 Å². The molecule has 0 amide bonds. The maximum absolute atomic E-state index is 12.4. The lowest BCUT2D eigenvalue weighted by Crippen LogP contribution is -2.29. The van der Waals surface area contributed by atoms with Crippen molar-refractivity contribution in [1.82, 2.24) is 0 Å². The van der Waals surface area contributed by atoms with Crippen LogP contribution in [0.5, 0.6) is 0 Å². The Morgan fingerprint density at radius 2 is 1.88 bits per heavy atom. The zero-order chi connectivity index (χ0) is 12.7. The van der Waals surface area contributed by atoms with E-state index in [9.17, 15) is 4.79 Å². The Morgan fingerprint density at radius 1 is 1.18 bits per heavy atom. The lowest BCUT2D eigenvalue weighted by Gasteiger charge is -2.29. The SMILES string of the molecule is CC12CCCCC(=O)C1/C(=C/[Si](C)(C)C)CC2. The summed E-state index contributed by atoms with van der Waals surface area (Å²) in [5, 5.41) is 0. The van der Waals surface area contributed by atoms with E-state index in [0.29, 0.717) is 11.2 Å². The molecule has 2 fully saturated rings. The van der Waals surface area contributed by atoms with Gasteiger partial charge in [-0.15, -0.1) is 0 Å². The Labute approximate surface area is 107 Å². The molecular weight excluding hydrogens is 224 g/mol. The molecule has 0 radical (unpaired) electrons. The first kappa shape index (κ1) is 13.1. The lowest BCUT2D eigenvalue weighted by atomic mass is 9.75. The summed E-state index contributed by atoms with van der Waals surface area (Å²) < 4.78 is 0. The molecule has 2 unspecified atom stereocenters. The van der Waals surface area contributed by atoms with Crippen LogP contribution in [-0.2, 0) is 4.79 Å². The molecule has 0 aromatic carbocycles. The van der Waals surface area contributed by atoms with Crippen molar-refractivity contribution in [3.05, 3.63) is 11.3 Å². The van der Waals surface area contributed by atoms with Gasteiger partial charge in [-0.2, -0.15) is 0 Å². The minimum atomic E-state index is -1.19. The van der Waals surface area contributed by atoms with Crippen molar-refractivity contribution in [2.24, 2.45) is 11.3 Å². The smallest absolute Gasteiger partial charge is 0.140 e. The van der Waals surface area contributed by atoms with Gasteiger partial charge in [0.1, 0.15) is 5.78 Å². The number of carbonyl (C=O) groups excluding carboxylic acids is 1. The molecule has 2 aliphatic rings. The third-order valence-electron chi connectivity index (χ3n) is 4.41. The molecule has 2 saturated carbocycles. The second-order valence-corrected chi connectivity index (χ2v) is 12.4. The molecule has 96 valence electrons. The fraction of sp³-hybridized carbons (Fsp3) is 0.800. The third-order valence-corrected chi connectivity index (χ3v) is 5.65. The van der Waals surface area contributed by atoms with Crippen molar-refractivity contribution in [1.29, 1.82) is 0 Å². The molecular formula is C15H26OSi. The zero-order valence-electron chi connectivity index (χ0n) is 11.8. The highest BCUT2D eigenvalue weighted by atomic mass is 28.3. The Bertz CT molecular complexity index is 350. The van der Waals surface area contributed by atoms with Gasteiger partial charge in [0.2, 0.25) is 0 Å². The number of hydrogen-bond donors (Lipinski definition) is 0. The predicted molar refractivity (Wildman–Crippen MR) is 75.7 cm³/mol. The minimum Gasteiger partial charge on any atom is -0.299 e. The fourth-order valence-corrected chi connectivity index (χ4v) is 5.14. The van der Waals surface area contributed by atoms with Crippen LogP contribution in [0, 0.1) is 11.3 Å². The highest BCUT2D eigenvalue weighted by Gasteiger charge is 2.46. The first-order valence-corrected chi connectivity index (χ1v) is 10.6. The average Bonchev–Trinajstić information content (AvgIpc) is 2.40. The van der Waals surface area contributed by atoms with E-state index >= 15 is 0 Å². The van der Waals surface area contributed by atoms with Gasteiger partial charge in [0.05, 0.1) is 8.07 Å². The van der Waals surface area contributed by atoms with Gasteiger partial charge < -0.3 is 0 Å². The van der Waals surface area contributed by atoms with Crippen molar-refractivity contribution in [2.75, 3.05) is 0 Å². The molecule has 17 heavy (non-hydrogen) atoms. The number of fused-ring (bicyclic) bond motifs is 1. The van der Waals surface area contributed by atoms with E-state index < -0.39 is 8.07 Å². The molecule has 0 heterocycles. The van der Waals surface area contributed by atoms with Gasteiger partial charge in [-0.3, -0.25) is 4.79 Å². The summed E-state index contributed by atoms with van der Waals surface area (Å²) in [6.45, 7) is 9.47. The van der Waals surface area contributed by atoms with E-state index in [0.717, 1.165) is 12.8 Å². The lowest BCUT2D eigenvalue weighted by molar-refractivity contribution is -0.123. The molecule has 0 saturated heterocycles. The summed E-state index contributed by atoms with van der Waals surface area (Å²) in [6, 6.07) is 0. The summed E-state index contributed by atoms with van der Waals surface area (Å²) in [5.41, 5.74) is 4.30. The van der Waals surface area contributed by atoms with Gasteiger partial charge in [-0.25, -0.2) is 0 Å². The molecule has 0 aromatic rings. The summed E-state index contributed by atoms with van der Waals surface area (Å²) in [5.74, 6) is 0.809. The highest BCUT2D eigenvalue weighted by molar-refractivity contribution is 6.81. The molecule has 2 atom stereocenters. The van der Waals surface area contributed by atoms with Crippen LogP contribution in [0.3, 0.4) is 0 Å². The molecule has 0 bridgehead atoms. The van der Waals surface area contributed by atoms with Crippen molar-refractivity contribution in [2.45, 2.75) is 65.1 Å². The summed E-state index contributed by atoms with van der Waals surface area (Å²) in [7, 11) is -1.19. The maximum Gasteiger partial charge on any atom is 0.140 e. The number of hydrogen-bond acceptors (Lipinski definition) is 1. The largest absolute Gasteiger partial charge is 0.299 e. The number of Topliss-reactive ketones (excluding diaryl/α,β-unsaturated/α-hetero) is 1. The van der Waals surface area contributed by atoms with Crippen LogP contribution in [0.2, 0.25) is 19.6 Å². The second-order valence-electron chi connectivity index (χ2n) is 7.35. The van der Waals surface area contributed by atoms with E-state index in [1.807, 2.05) is 0 Å². The molecule has 2 rings (SSSR count). The first-order chi connectivity index (χ1) is 7.82. The topological polar surface area (TPSA) is 17.1 Å². The van der Waals surface area contributed by atoms with Crippen LogP contribution in [0.4, 0.5) is 0 Å². The summed E-state index contributed by atoms with van der Waals surface area (Å²) in [4.78, 5) is 12.4. The van der Waals surface area contributed by atoms with E-state index in [4.69, 9.17) is 0 Å². The van der Waals surface area contributed by atoms with E-state index in [1.54, 1.807) is 0 Å². The van der Waals surface area contributed by atoms with Crippen LogP contribution in [0.15, 0.2) is 11.3 Å². The molecule has 1 nitrogen and oxygen atoms in total. The highest BCUT2D eigenvalue weighted by Crippen LogP contribution is 2.52. The minimum absolute atomic E-state index is 0.275. The average molecular weight is 250 g/mol. The van der Waals surface area contributed by atoms with Crippen molar-refractivity contribution < 1.29 is 4.79 Å². The molecule has 0 spiro atoms. The molecule has 2 heteroatoms. The van der Waals surface area contributed by atoms with Gasteiger partial charge >= 0.3 is 0 Å². The summed E-state index contributed by atoms with van der Waals surface area (Å²) in [6.07, 6.45) is 6.86. The van der Waals surface area contributed by atoms with Crippen molar-refractivity contribution in [3.8, 4) is 0 Å². The zero-order valence-corrected chi connectivity index (χ0v) is 12.8. The van der Waals surface area contributed by atoms with E-state index in [2.05, 4.69) is 32.3 Å². The van der Waals surface area contributed by atoms with E-state index in [-0.39, 0.29) is 5.92 Å². The number of allylic oxidation sites excluding steroid dienone is 1. The molecule has 2 aliphatic carbocycles. The van der Waals surface area contributed by atoms with Gasteiger partial charge in [-0.05, 0) is 31.1 Å². The molecule has 0 aliphatic heterocycles. The van der Waals surface area contributed by atoms with Crippen molar-refractivity contribution in [3.63, 3.8) is 0 Å². The van der Waals surface area contributed by atoms with Gasteiger partial charge in [0, 0.05) is 12.3 Å². The number of carbonyl (C=O) groups is 1. The quantitative estimate of drug-likeness (QED) is 0.632. The van der Waals surface area contributed by atoms with Gasteiger partial charge in [0.25, 0.3) is 0 Å². The van der Waals surface area contributed by atoms with Crippen LogP contribution in [0.25, 0.3) is 0 Å². The predicted octanol–water partition coefficient (Wildman–Crippen LogP) is 4.35. The van der Waals surface area contributed by atoms with Crippen LogP contribution in [0.1, 0.15) is 45.4 Å². The van der Waals surface area contributed by atoms with Crippen LogP contribution in [-0.4, -0.2) is 13.9 Å². The Kier molecular flexibility index (Phi) is 3.37. The standard InChI is InChI=1S/C15H26OSi/c1-15-9-6-5-7-13(16)14(15)12(8-10-15)11-17(2,3)4/h11,14H,5-10H2,1-4H3/b12-11+. The van der Waals surface area contributed by atoms with Gasteiger partial charge in [-0.1, -0.05) is 44.3 Å². The van der Waals surface area contributed by atoms with Crippen molar-refractivity contribution >= 4 is 13.9 Å². The first-order valence-electron chi connectivity index (χ1n) is 7.06. The molecule has 0 aromatic heterocycles. The normalized spacial score (nSPS) is 37.1.